The average molecular weight is 720 g/mol. The van der Waals surface area contributed by atoms with Crippen LogP contribution in [0, 0.1) is 0 Å². The molecule has 2 nitrogen and oxygen atoms in total. The van der Waals surface area contributed by atoms with Gasteiger partial charge in [0.25, 0.3) is 0 Å². The van der Waals surface area contributed by atoms with E-state index in [9.17, 15) is 0 Å². The Labute approximate surface area is 322 Å². The summed E-state index contributed by atoms with van der Waals surface area (Å²) in [6.07, 6.45) is 0. The van der Waals surface area contributed by atoms with Crippen LogP contribution in [-0.2, 0) is 0 Å². The molecule has 0 unspecified atom stereocenters. The van der Waals surface area contributed by atoms with Gasteiger partial charge in [-0.05, 0) is 99.4 Å². The average Bonchev–Trinajstić information content (AvgIpc) is 3.82. The SMILES string of the molecule is c1ccc(-c2cc(-c3ccccc3)cc(N(c3ccc4c(c3)oc3ccccc34)c3ccc(-c4ccc5sc6ccccc6c5c4)c4ccccc34)c2)cc1. The number of rotatable bonds is 6. The van der Waals surface area contributed by atoms with E-state index in [1.54, 1.807) is 0 Å². The summed E-state index contributed by atoms with van der Waals surface area (Å²) in [7, 11) is 0. The van der Waals surface area contributed by atoms with Crippen LogP contribution in [0.25, 0.3) is 86.3 Å². The Morgan fingerprint density at radius 1 is 0.327 bits per heavy atom. The molecule has 0 fully saturated rings. The predicted octanol–water partition coefficient (Wildman–Crippen LogP) is 15.6. The fourth-order valence-electron chi connectivity index (χ4n) is 8.24. The van der Waals surface area contributed by atoms with Crippen LogP contribution in [0.2, 0.25) is 0 Å². The number of benzene rings is 9. The molecule has 11 rings (SSSR count). The Morgan fingerprint density at radius 2 is 0.945 bits per heavy atom. The fourth-order valence-corrected chi connectivity index (χ4v) is 9.33. The lowest BCUT2D eigenvalue weighted by Gasteiger charge is -2.28. The third-order valence-electron chi connectivity index (χ3n) is 10.8. The summed E-state index contributed by atoms with van der Waals surface area (Å²) in [5, 5.41) is 7.22. The fraction of sp³-hybridized carbons (Fsp3) is 0. The zero-order chi connectivity index (χ0) is 36.3. The Hall–Kier alpha value is -6.94. The Kier molecular flexibility index (Phi) is 7.39. The zero-order valence-corrected chi connectivity index (χ0v) is 30.6. The third kappa shape index (κ3) is 5.40. The van der Waals surface area contributed by atoms with Gasteiger partial charge in [0.05, 0.1) is 5.69 Å². The van der Waals surface area contributed by atoms with Gasteiger partial charge in [0.15, 0.2) is 0 Å². The minimum atomic E-state index is 0.864. The van der Waals surface area contributed by atoms with Gasteiger partial charge in [0, 0.05) is 53.8 Å². The number of hydrogen-bond donors (Lipinski definition) is 0. The van der Waals surface area contributed by atoms with Crippen LogP contribution in [-0.4, -0.2) is 0 Å². The number of thiophene rings is 1. The molecule has 2 aromatic heterocycles. The summed E-state index contributed by atoms with van der Waals surface area (Å²) >= 11 is 1.86. The molecule has 0 saturated heterocycles. The van der Waals surface area contributed by atoms with Crippen LogP contribution in [0.3, 0.4) is 0 Å². The maximum absolute atomic E-state index is 6.50. The molecule has 258 valence electrons. The van der Waals surface area contributed by atoms with E-state index in [4.69, 9.17) is 4.42 Å². The van der Waals surface area contributed by atoms with Gasteiger partial charge in [0.2, 0.25) is 0 Å². The summed E-state index contributed by atoms with van der Waals surface area (Å²) in [6.45, 7) is 0. The first kappa shape index (κ1) is 31.6. The van der Waals surface area contributed by atoms with E-state index in [-0.39, 0.29) is 0 Å². The molecule has 3 heteroatoms. The molecule has 0 N–H and O–H groups in total. The van der Waals surface area contributed by atoms with Crippen molar-refractivity contribution in [2.45, 2.75) is 0 Å². The van der Waals surface area contributed by atoms with Crippen molar-refractivity contribution in [2.75, 3.05) is 4.90 Å². The van der Waals surface area contributed by atoms with Crippen molar-refractivity contribution >= 4 is 81.3 Å². The summed E-state index contributed by atoms with van der Waals surface area (Å²) in [5.74, 6) is 0. The van der Waals surface area contributed by atoms with Gasteiger partial charge in [-0.2, -0.15) is 0 Å². The second kappa shape index (κ2) is 12.9. The van der Waals surface area contributed by atoms with Gasteiger partial charge >= 0.3 is 0 Å². The molecule has 0 aliphatic carbocycles. The van der Waals surface area contributed by atoms with Crippen molar-refractivity contribution in [1.82, 2.24) is 0 Å². The lowest BCUT2D eigenvalue weighted by molar-refractivity contribution is 0.669. The maximum Gasteiger partial charge on any atom is 0.137 e. The zero-order valence-electron chi connectivity index (χ0n) is 29.8. The highest BCUT2D eigenvalue weighted by Gasteiger charge is 2.21. The van der Waals surface area contributed by atoms with Gasteiger partial charge in [-0.1, -0.05) is 133 Å². The number of fused-ring (bicyclic) bond motifs is 7. The van der Waals surface area contributed by atoms with Crippen LogP contribution in [0.1, 0.15) is 0 Å². The third-order valence-corrected chi connectivity index (χ3v) is 12.0. The molecule has 2 heterocycles. The maximum atomic E-state index is 6.50. The standard InChI is InChI=1S/C52H33NOS/c1-3-13-34(14-4-1)37-29-38(35-15-5-2-6-16-35)31-40(30-37)53(39-24-25-45-44-19-9-11-21-49(44)54-50(45)33-39)48-27-26-41(42-17-7-8-18-43(42)48)36-23-28-52-47(32-36)46-20-10-12-22-51(46)55-52/h1-33H. The first-order chi connectivity index (χ1) is 27.2. The lowest BCUT2D eigenvalue weighted by atomic mass is 9.94. The normalized spacial score (nSPS) is 11.6. The Balaban J connectivity index is 1.16. The molecule has 0 saturated carbocycles. The number of anilines is 3. The molecule has 0 radical (unpaired) electrons. The van der Waals surface area contributed by atoms with E-state index in [0.717, 1.165) is 50.1 Å². The molecule has 0 aliphatic heterocycles. The summed E-state index contributed by atoms with van der Waals surface area (Å²) in [5.41, 5.74) is 12.0. The molecular formula is C52H33NOS. The van der Waals surface area contributed by atoms with Gasteiger partial charge in [0.1, 0.15) is 11.2 Å². The van der Waals surface area contributed by atoms with Crippen LogP contribution in [0.15, 0.2) is 205 Å². The van der Waals surface area contributed by atoms with Crippen LogP contribution < -0.4 is 4.90 Å². The highest BCUT2D eigenvalue weighted by Crippen LogP contribution is 2.46. The molecule has 11 aromatic rings. The highest BCUT2D eigenvalue weighted by atomic mass is 32.1. The van der Waals surface area contributed by atoms with Gasteiger partial charge in [-0.15, -0.1) is 11.3 Å². The van der Waals surface area contributed by atoms with E-state index in [2.05, 4.69) is 193 Å². The Morgan fingerprint density at radius 3 is 1.71 bits per heavy atom. The predicted molar refractivity (Wildman–Crippen MR) is 235 cm³/mol. The summed E-state index contributed by atoms with van der Waals surface area (Å²) < 4.78 is 9.13. The Bertz CT molecular complexity index is 3150. The molecule has 9 aromatic carbocycles. The minimum Gasteiger partial charge on any atom is -0.456 e. The molecule has 0 spiro atoms. The van der Waals surface area contributed by atoms with E-state index >= 15 is 0 Å². The van der Waals surface area contributed by atoms with Crippen molar-refractivity contribution in [3.05, 3.63) is 200 Å². The van der Waals surface area contributed by atoms with E-state index in [1.807, 2.05) is 23.5 Å². The van der Waals surface area contributed by atoms with Crippen LogP contribution >= 0.6 is 11.3 Å². The number of nitrogens with zero attached hydrogens (tertiary/aromatic N) is 1. The van der Waals surface area contributed by atoms with E-state index < -0.39 is 0 Å². The number of furan rings is 1. The second-order valence-electron chi connectivity index (χ2n) is 14.1. The van der Waals surface area contributed by atoms with Crippen molar-refractivity contribution in [3.63, 3.8) is 0 Å². The molecule has 0 bridgehead atoms. The summed E-state index contributed by atoms with van der Waals surface area (Å²) in [4.78, 5) is 2.41. The van der Waals surface area contributed by atoms with Crippen molar-refractivity contribution in [2.24, 2.45) is 0 Å². The molecule has 0 aliphatic rings. The van der Waals surface area contributed by atoms with Crippen molar-refractivity contribution in [3.8, 4) is 33.4 Å². The first-order valence-corrected chi connectivity index (χ1v) is 19.5. The van der Waals surface area contributed by atoms with Gasteiger partial charge in [-0.3, -0.25) is 0 Å². The molecule has 0 atom stereocenters. The monoisotopic (exact) mass is 719 g/mol. The highest BCUT2D eigenvalue weighted by molar-refractivity contribution is 7.25. The molecule has 55 heavy (non-hydrogen) atoms. The van der Waals surface area contributed by atoms with E-state index in [0.29, 0.717) is 0 Å². The van der Waals surface area contributed by atoms with Gasteiger partial charge in [-0.25, -0.2) is 0 Å². The number of hydrogen-bond acceptors (Lipinski definition) is 3. The smallest absolute Gasteiger partial charge is 0.137 e. The van der Waals surface area contributed by atoms with Crippen molar-refractivity contribution in [1.29, 1.82) is 0 Å². The summed E-state index contributed by atoms with van der Waals surface area (Å²) in [6, 6.07) is 72.3. The van der Waals surface area contributed by atoms with Crippen LogP contribution in [0.5, 0.6) is 0 Å². The molecule has 0 amide bonds. The second-order valence-corrected chi connectivity index (χ2v) is 15.2. The topological polar surface area (TPSA) is 16.4 Å². The van der Waals surface area contributed by atoms with Crippen molar-refractivity contribution < 1.29 is 4.42 Å². The molecular weight excluding hydrogens is 687 g/mol. The minimum absolute atomic E-state index is 0.864. The van der Waals surface area contributed by atoms with Gasteiger partial charge < -0.3 is 9.32 Å². The first-order valence-electron chi connectivity index (χ1n) is 18.7. The largest absolute Gasteiger partial charge is 0.456 e. The lowest BCUT2D eigenvalue weighted by Crippen LogP contribution is -2.11. The van der Waals surface area contributed by atoms with E-state index in [1.165, 1.54) is 53.2 Å². The number of para-hydroxylation sites is 1. The quantitative estimate of drug-likeness (QED) is 0.170. The van der Waals surface area contributed by atoms with Crippen LogP contribution in [0.4, 0.5) is 17.1 Å².